The molecule has 0 spiro atoms. The van der Waals surface area contributed by atoms with Crippen LogP contribution in [-0.4, -0.2) is 22.5 Å². The van der Waals surface area contributed by atoms with Crippen LogP contribution in [0.2, 0.25) is 0 Å². The Morgan fingerprint density at radius 2 is 1.35 bits per heavy atom. The molecule has 0 aliphatic carbocycles. The Bertz CT molecular complexity index is 2530. The van der Waals surface area contributed by atoms with Crippen LogP contribution >= 0.6 is 11.3 Å². The van der Waals surface area contributed by atoms with Gasteiger partial charge in [0.1, 0.15) is 0 Å². The fourth-order valence-electron chi connectivity index (χ4n) is 5.94. The van der Waals surface area contributed by atoms with Crippen molar-refractivity contribution in [2.75, 3.05) is 0 Å². The van der Waals surface area contributed by atoms with Crippen molar-refractivity contribution in [1.29, 1.82) is 10.7 Å². The fourth-order valence-corrected chi connectivity index (χ4v) is 7.07. The van der Waals surface area contributed by atoms with Crippen molar-refractivity contribution >= 4 is 71.2 Å². The van der Waals surface area contributed by atoms with Gasteiger partial charge in [-0.05, 0) is 78.4 Å². The van der Waals surface area contributed by atoms with Crippen molar-refractivity contribution in [3.63, 3.8) is 0 Å². The summed E-state index contributed by atoms with van der Waals surface area (Å²) >= 11 is 1.84. The molecule has 0 saturated heterocycles. The Kier molecular flexibility index (Phi) is 6.79. The van der Waals surface area contributed by atoms with E-state index in [0.717, 1.165) is 27.8 Å². The first-order valence-electron chi connectivity index (χ1n) is 14.9. The van der Waals surface area contributed by atoms with Crippen molar-refractivity contribution in [3.8, 4) is 11.8 Å². The number of nitrogens with one attached hydrogen (secondary N) is 1. The number of aromatic nitrogens is 1. The third kappa shape index (κ3) is 4.86. The number of rotatable bonds is 4. The average molecular weight is 608 g/mol. The molecule has 0 bridgehead atoms. The summed E-state index contributed by atoms with van der Waals surface area (Å²) in [7, 11) is 0. The van der Waals surface area contributed by atoms with Crippen LogP contribution in [0.3, 0.4) is 0 Å². The predicted molar refractivity (Wildman–Crippen MR) is 192 cm³/mol. The van der Waals surface area contributed by atoms with Gasteiger partial charge in [0, 0.05) is 54.0 Å². The highest BCUT2D eigenvalue weighted by Crippen LogP contribution is 2.40. The van der Waals surface area contributed by atoms with Crippen molar-refractivity contribution in [1.82, 2.24) is 4.57 Å². The zero-order valence-corrected chi connectivity index (χ0v) is 25.4. The molecule has 2 heterocycles. The highest BCUT2D eigenvalue weighted by molar-refractivity contribution is 7.25. The molecule has 0 aliphatic rings. The summed E-state index contributed by atoms with van der Waals surface area (Å²) in [6, 6.07) is 48.9. The van der Waals surface area contributed by atoms with Crippen LogP contribution in [0.4, 0.5) is 0 Å². The van der Waals surface area contributed by atoms with Gasteiger partial charge in [-0.15, -0.1) is 11.3 Å². The van der Waals surface area contributed by atoms with E-state index < -0.39 is 0 Å². The molecule has 0 amide bonds. The number of para-hydroxylation sites is 1. The molecule has 0 fully saturated rings. The Morgan fingerprint density at radius 3 is 2.13 bits per heavy atom. The quantitative estimate of drug-likeness (QED) is 0.157. The molecule has 46 heavy (non-hydrogen) atoms. The normalized spacial score (nSPS) is 12.0. The molecule has 6 heteroatoms. The van der Waals surface area contributed by atoms with Crippen molar-refractivity contribution < 1.29 is 0 Å². The van der Waals surface area contributed by atoms with Gasteiger partial charge in [-0.25, -0.2) is 9.98 Å². The van der Waals surface area contributed by atoms with Gasteiger partial charge in [0.15, 0.2) is 11.7 Å². The molecule has 8 rings (SSSR count). The second-order valence-electron chi connectivity index (χ2n) is 11.0. The van der Waals surface area contributed by atoms with E-state index in [2.05, 4.69) is 88.4 Å². The number of amidine groups is 2. The summed E-state index contributed by atoms with van der Waals surface area (Å²) in [5, 5.41) is 22.9. The number of aliphatic imine (C=N–C) groups is 2. The van der Waals surface area contributed by atoms with E-state index in [1.165, 1.54) is 30.9 Å². The van der Waals surface area contributed by atoms with Crippen molar-refractivity contribution in [2.45, 2.75) is 0 Å². The lowest BCUT2D eigenvalue weighted by Gasteiger charge is -2.10. The van der Waals surface area contributed by atoms with Crippen LogP contribution in [0.15, 0.2) is 150 Å². The molecule has 0 aliphatic heterocycles. The number of nitriles is 1. The van der Waals surface area contributed by atoms with E-state index in [4.69, 9.17) is 10.4 Å². The molecular formula is C40H25N5S. The summed E-state index contributed by atoms with van der Waals surface area (Å²) in [5.74, 6) is 0.501. The molecule has 5 nitrogen and oxygen atoms in total. The average Bonchev–Trinajstić information content (AvgIpc) is 3.64. The fraction of sp³-hybridized carbons (Fsp3) is 0. The minimum atomic E-state index is 0.0724. The Hall–Kier alpha value is -6.16. The van der Waals surface area contributed by atoms with Crippen LogP contribution in [0.5, 0.6) is 0 Å². The third-order valence-electron chi connectivity index (χ3n) is 8.20. The molecule has 2 aromatic heterocycles. The summed E-state index contributed by atoms with van der Waals surface area (Å²) in [6.07, 6.45) is 1.77. The van der Waals surface area contributed by atoms with Crippen molar-refractivity contribution in [2.24, 2.45) is 9.98 Å². The van der Waals surface area contributed by atoms with Crippen LogP contribution in [0.25, 0.3) is 47.7 Å². The summed E-state index contributed by atoms with van der Waals surface area (Å²) in [4.78, 5) is 9.39. The number of nitrogens with zero attached hydrogens (tertiary/aromatic N) is 4. The molecule has 0 radical (unpaired) electrons. The molecule has 1 N–H and O–H groups in total. The summed E-state index contributed by atoms with van der Waals surface area (Å²) in [6.45, 7) is 0. The highest BCUT2D eigenvalue weighted by Gasteiger charge is 2.16. The van der Waals surface area contributed by atoms with E-state index in [1.807, 2.05) is 53.8 Å². The number of hydrogen-bond donors (Lipinski definition) is 1. The van der Waals surface area contributed by atoms with E-state index >= 15 is 0 Å². The SMILES string of the molecule is N#Cc1ccc(C(=N)/N=C(\N=C\c2ccccc2)c2ccc(-n3c4ccccc4c4cc5sc6ccccc6c5cc43)cc2)cc1. The van der Waals surface area contributed by atoms with Crippen molar-refractivity contribution in [3.05, 3.63) is 162 Å². The van der Waals surface area contributed by atoms with Gasteiger partial charge in [0.2, 0.25) is 0 Å². The number of hydrogen-bond acceptors (Lipinski definition) is 3. The number of fused-ring (bicyclic) bond motifs is 6. The van der Waals surface area contributed by atoms with E-state index in [0.29, 0.717) is 17.0 Å². The minimum absolute atomic E-state index is 0.0724. The van der Waals surface area contributed by atoms with E-state index in [-0.39, 0.29) is 5.84 Å². The maximum atomic E-state index is 9.17. The second-order valence-corrected chi connectivity index (χ2v) is 12.1. The number of benzene rings is 6. The first-order valence-corrected chi connectivity index (χ1v) is 15.7. The smallest absolute Gasteiger partial charge is 0.161 e. The van der Waals surface area contributed by atoms with Crippen LogP contribution < -0.4 is 0 Å². The lowest BCUT2D eigenvalue weighted by Crippen LogP contribution is -2.05. The second kappa shape index (κ2) is 11.4. The van der Waals surface area contributed by atoms with Gasteiger partial charge in [0.25, 0.3) is 0 Å². The molecule has 216 valence electrons. The van der Waals surface area contributed by atoms with Crippen LogP contribution in [0, 0.1) is 16.7 Å². The third-order valence-corrected chi connectivity index (χ3v) is 9.33. The Morgan fingerprint density at radius 1 is 0.652 bits per heavy atom. The molecule has 0 atom stereocenters. The zero-order valence-electron chi connectivity index (χ0n) is 24.6. The topological polar surface area (TPSA) is 77.3 Å². The number of thiophene rings is 1. The highest BCUT2D eigenvalue weighted by atomic mass is 32.1. The minimum Gasteiger partial charge on any atom is -0.309 e. The van der Waals surface area contributed by atoms with Gasteiger partial charge in [-0.1, -0.05) is 66.7 Å². The van der Waals surface area contributed by atoms with E-state index in [9.17, 15) is 5.26 Å². The zero-order chi connectivity index (χ0) is 31.0. The maximum absolute atomic E-state index is 9.17. The largest absolute Gasteiger partial charge is 0.309 e. The summed E-state index contributed by atoms with van der Waals surface area (Å²) in [5.41, 5.74) is 6.21. The van der Waals surface area contributed by atoms with Crippen LogP contribution in [0.1, 0.15) is 22.3 Å². The van der Waals surface area contributed by atoms with E-state index in [1.54, 1.807) is 30.5 Å². The molecule has 0 saturated carbocycles. The standard InChI is InChI=1S/C40H25N5S/c41-24-26-14-16-28(17-15-26)39(42)44-40(43-25-27-8-2-1-3-9-27)29-18-20-30(21-19-29)45-35-12-6-4-10-31(35)33-23-38-34(22-36(33)45)32-11-5-7-13-37(32)46-38/h1-23,25,42H/b42-39?,43-25+,44-40-. The summed E-state index contributed by atoms with van der Waals surface area (Å²) < 4.78 is 4.90. The Balaban J connectivity index is 1.25. The Labute approximate surface area is 269 Å². The van der Waals surface area contributed by atoms with Crippen LogP contribution in [-0.2, 0) is 0 Å². The first-order chi connectivity index (χ1) is 22.7. The van der Waals surface area contributed by atoms with Gasteiger partial charge in [0.05, 0.1) is 22.7 Å². The van der Waals surface area contributed by atoms with Gasteiger partial charge >= 0.3 is 0 Å². The lowest BCUT2D eigenvalue weighted by molar-refractivity contribution is 1.18. The molecule has 0 unspecified atom stereocenters. The first kappa shape index (κ1) is 27.4. The molecule has 6 aromatic carbocycles. The van der Waals surface area contributed by atoms with Gasteiger partial charge in [-0.3, -0.25) is 5.41 Å². The monoisotopic (exact) mass is 607 g/mol. The molecule has 8 aromatic rings. The van der Waals surface area contributed by atoms with Gasteiger partial charge < -0.3 is 4.57 Å². The maximum Gasteiger partial charge on any atom is 0.161 e. The lowest BCUT2D eigenvalue weighted by atomic mass is 10.1. The predicted octanol–water partition coefficient (Wildman–Crippen LogP) is 9.91. The van der Waals surface area contributed by atoms with Gasteiger partial charge in [-0.2, -0.15) is 5.26 Å². The molecular weight excluding hydrogens is 583 g/mol.